The van der Waals surface area contributed by atoms with Gasteiger partial charge in [-0.1, -0.05) is 12.1 Å². The fraction of sp³-hybridized carbons (Fsp3) is 0.619. The minimum atomic E-state index is -0.275. The van der Waals surface area contributed by atoms with Crippen LogP contribution < -0.4 is 15.8 Å². The van der Waals surface area contributed by atoms with Crippen molar-refractivity contribution >= 4 is 36.0 Å². The van der Waals surface area contributed by atoms with Gasteiger partial charge in [-0.25, -0.2) is 9.79 Å². The first-order chi connectivity index (χ1) is 13.2. The monoisotopic (exact) mass is 518 g/mol. The van der Waals surface area contributed by atoms with Gasteiger partial charge in [-0.15, -0.1) is 24.0 Å². The van der Waals surface area contributed by atoms with Gasteiger partial charge >= 0.3 is 6.09 Å². The van der Waals surface area contributed by atoms with Crippen molar-refractivity contribution in [1.29, 1.82) is 0 Å². The number of guanidine groups is 1. The van der Waals surface area contributed by atoms with E-state index < -0.39 is 0 Å². The van der Waals surface area contributed by atoms with Crippen LogP contribution in [-0.2, 0) is 11.3 Å². The molecule has 1 aromatic rings. The Labute approximate surface area is 191 Å². The van der Waals surface area contributed by atoms with Crippen molar-refractivity contribution in [3.8, 4) is 5.75 Å². The normalized spacial score (nSPS) is 15.5. The Morgan fingerprint density at radius 1 is 1.31 bits per heavy atom. The summed E-state index contributed by atoms with van der Waals surface area (Å²) in [6.45, 7) is 12.1. The quantitative estimate of drug-likeness (QED) is 0.352. The Kier molecular flexibility index (Phi) is 10.0. The lowest BCUT2D eigenvalue weighted by molar-refractivity contribution is 0.0963. The zero-order valence-electron chi connectivity index (χ0n) is 18.2. The number of rotatable bonds is 5. The van der Waals surface area contributed by atoms with Gasteiger partial charge in [-0.05, 0) is 59.1 Å². The summed E-state index contributed by atoms with van der Waals surface area (Å²) >= 11 is 0. The second-order valence-electron chi connectivity index (χ2n) is 8.13. The van der Waals surface area contributed by atoms with Crippen LogP contribution in [0.3, 0.4) is 0 Å². The molecule has 0 unspecified atom stereocenters. The minimum absolute atomic E-state index is 0. The first-order valence-electron chi connectivity index (χ1n) is 9.94. The molecule has 0 spiro atoms. The Morgan fingerprint density at radius 2 is 1.97 bits per heavy atom. The summed E-state index contributed by atoms with van der Waals surface area (Å²) in [6, 6.07) is 6.32. The second-order valence-corrected chi connectivity index (χ2v) is 8.13. The highest BCUT2D eigenvalue weighted by atomic mass is 127. The van der Waals surface area contributed by atoms with Crippen molar-refractivity contribution in [3.05, 3.63) is 29.3 Å². The van der Waals surface area contributed by atoms with Crippen LogP contribution in [0.15, 0.2) is 23.2 Å². The van der Waals surface area contributed by atoms with Gasteiger partial charge in [0, 0.05) is 24.7 Å². The van der Waals surface area contributed by atoms with Crippen LogP contribution in [0, 0.1) is 6.92 Å². The Hall–Kier alpha value is -1.71. The van der Waals surface area contributed by atoms with Crippen molar-refractivity contribution < 1.29 is 14.3 Å². The molecule has 29 heavy (non-hydrogen) atoms. The number of hydrogen-bond donors (Lipinski definition) is 2. The number of nitrogens with two attached hydrogens (primary N) is 1. The zero-order chi connectivity index (χ0) is 20.7. The van der Waals surface area contributed by atoms with E-state index in [2.05, 4.69) is 16.4 Å². The molecule has 0 atom stereocenters. The van der Waals surface area contributed by atoms with E-state index in [0.29, 0.717) is 32.2 Å². The number of ether oxygens (including phenoxy) is 2. The number of hydrogen-bond acceptors (Lipinski definition) is 4. The molecule has 1 amide bonds. The summed E-state index contributed by atoms with van der Waals surface area (Å²) in [5, 5.41) is 3.27. The number of nitrogens with zero attached hydrogens (tertiary/aromatic N) is 2. The summed E-state index contributed by atoms with van der Waals surface area (Å²) in [5.74, 6) is 1.25. The summed E-state index contributed by atoms with van der Waals surface area (Å²) < 4.78 is 11.1. The van der Waals surface area contributed by atoms with Crippen LogP contribution in [0.25, 0.3) is 0 Å². The van der Waals surface area contributed by atoms with Gasteiger partial charge in [0.1, 0.15) is 11.4 Å². The van der Waals surface area contributed by atoms with E-state index in [1.807, 2.05) is 46.8 Å². The van der Waals surface area contributed by atoms with Crippen LogP contribution >= 0.6 is 24.0 Å². The van der Waals surface area contributed by atoms with Crippen molar-refractivity contribution in [2.24, 2.45) is 10.7 Å². The smallest absolute Gasteiger partial charge is 0.409 e. The Morgan fingerprint density at radius 3 is 2.55 bits per heavy atom. The first-order valence-corrected chi connectivity index (χ1v) is 9.94. The number of aliphatic imine (C=N–C) groups is 1. The van der Waals surface area contributed by atoms with E-state index in [4.69, 9.17) is 15.2 Å². The molecule has 7 nitrogen and oxygen atoms in total. The number of aryl methyl sites for hydroxylation is 1. The average molecular weight is 518 g/mol. The topological polar surface area (TPSA) is 89.2 Å². The number of halogens is 1. The van der Waals surface area contributed by atoms with Gasteiger partial charge in [0.2, 0.25) is 0 Å². The van der Waals surface area contributed by atoms with Crippen molar-refractivity contribution in [2.45, 2.75) is 65.6 Å². The molecule has 0 radical (unpaired) electrons. The van der Waals surface area contributed by atoms with Crippen LogP contribution in [-0.4, -0.2) is 48.3 Å². The van der Waals surface area contributed by atoms with Crippen molar-refractivity contribution in [2.75, 3.05) is 19.7 Å². The lowest BCUT2D eigenvalue weighted by Gasteiger charge is -2.31. The number of piperidine rings is 1. The van der Waals surface area contributed by atoms with Crippen LogP contribution in [0.1, 0.15) is 51.7 Å². The molecule has 0 aliphatic carbocycles. The van der Waals surface area contributed by atoms with Gasteiger partial charge in [0.05, 0.1) is 13.2 Å². The van der Waals surface area contributed by atoms with E-state index in [9.17, 15) is 4.79 Å². The highest BCUT2D eigenvalue weighted by Gasteiger charge is 2.23. The Balaban J connectivity index is 0.00000420. The largest absolute Gasteiger partial charge is 0.488 e. The maximum atomic E-state index is 11.8. The lowest BCUT2D eigenvalue weighted by atomic mass is 10.1. The molecule has 0 bridgehead atoms. The molecule has 2 rings (SSSR count). The number of likely N-dealkylation sites (tertiary alicyclic amines) is 1. The molecule has 1 aliphatic rings. The molecular weight excluding hydrogens is 483 g/mol. The summed E-state index contributed by atoms with van der Waals surface area (Å²) in [7, 11) is 0. The van der Waals surface area contributed by atoms with Gasteiger partial charge in [-0.3, -0.25) is 0 Å². The third kappa shape index (κ3) is 8.67. The molecule has 1 heterocycles. The highest BCUT2D eigenvalue weighted by molar-refractivity contribution is 14.0. The summed E-state index contributed by atoms with van der Waals surface area (Å²) in [6.07, 6.45) is 1.39. The fourth-order valence-electron chi connectivity index (χ4n) is 3.06. The molecule has 1 aliphatic heterocycles. The molecule has 0 aromatic heterocycles. The third-order valence-electron chi connectivity index (χ3n) is 4.43. The molecule has 8 heteroatoms. The molecule has 1 saturated heterocycles. The maximum Gasteiger partial charge on any atom is 0.409 e. The number of carbonyl (C=O) groups excluding carboxylic acids is 1. The lowest BCUT2D eigenvalue weighted by Crippen LogP contribution is -2.48. The van der Waals surface area contributed by atoms with E-state index in [0.717, 1.165) is 29.7 Å². The Bertz CT molecular complexity index is 696. The number of carbonyl (C=O) groups is 1. The standard InChI is InChI=1S/C21H34N4O3.HI/c1-6-27-20(26)25-11-9-17(10-12-25)24-19(22)23-14-16-8-7-15(2)13-18(16)28-21(3,4)5;/h7-8,13,17H,6,9-12,14H2,1-5H3,(H3,22,23,24);1H. The van der Waals surface area contributed by atoms with Crippen molar-refractivity contribution in [3.63, 3.8) is 0 Å². The molecular formula is C21H35IN4O3. The van der Waals surface area contributed by atoms with E-state index >= 15 is 0 Å². The second kappa shape index (κ2) is 11.5. The SMILES string of the molecule is CCOC(=O)N1CCC(NC(N)=NCc2ccc(C)cc2OC(C)(C)C)CC1.I. The summed E-state index contributed by atoms with van der Waals surface area (Å²) in [5.41, 5.74) is 7.97. The molecule has 3 N–H and O–H groups in total. The van der Waals surface area contributed by atoms with Crippen LogP contribution in [0.4, 0.5) is 4.79 Å². The van der Waals surface area contributed by atoms with Crippen LogP contribution in [0.5, 0.6) is 5.75 Å². The minimum Gasteiger partial charge on any atom is -0.488 e. The van der Waals surface area contributed by atoms with E-state index in [-0.39, 0.29) is 41.7 Å². The molecule has 164 valence electrons. The first kappa shape index (κ1) is 25.3. The molecule has 1 aromatic carbocycles. The van der Waals surface area contributed by atoms with Crippen LogP contribution in [0.2, 0.25) is 0 Å². The van der Waals surface area contributed by atoms with E-state index in [1.165, 1.54) is 0 Å². The van der Waals surface area contributed by atoms with Gasteiger partial charge < -0.3 is 25.4 Å². The van der Waals surface area contributed by atoms with E-state index in [1.54, 1.807) is 4.90 Å². The van der Waals surface area contributed by atoms with Gasteiger partial charge in [0.25, 0.3) is 0 Å². The summed E-state index contributed by atoms with van der Waals surface area (Å²) in [4.78, 5) is 18.0. The van der Waals surface area contributed by atoms with Gasteiger partial charge in [0.15, 0.2) is 5.96 Å². The fourth-order valence-corrected chi connectivity index (χ4v) is 3.06. The zero-order valence-corrected chi connectivity index (χ0v) is 20.5. The van der Waals surface area contributed by atoms with Crippen molar-refractivity contribution in [1.82, 2.24) is 10.2 Å². The number of benzene rings is 1. The predicted molar refractivity (Wildman–Crippen MR) is 127 cm³/mol. The third-order valence-corrected chi connectivity index (χ3v) is 4.43. The molecule has 1 fully saturated rings. The average Bonchev–Trinajstić information content (AvgIpc) is 2.60. The van der Waals surface area contributed by atoms with Gasteiger partial charge in [-0.2, -0.15) is 0 Å². The maximum absolute atomic E-state index is 11.8. The number of nitrogens with one attached hydrogen (secondary N) is 1. The highest BCUT2D eigenvalue weighted by Crippen LogP contribution is 2.25. The molecule has 0 saturated carbocycles. The predicted octanol–water partition coefficient (Wildman–Crippen LogP) is 3.82. The number of amides is 1.